The highest BCUT2D eigenvalue weighted by Gasteiger charge is 2.35. The lowest BCUT2D eigenvalue weighted by atomic mass is 9.96. The zero-order chi connectivity index (χ0) is 21.9. The number of sulfonamides is 1. The van der Waals surface area contributed by atoms with Gasteiger partial charge in [0.25, 0.3) is 0 Å². The zero-order valence-electron chi connectivity index (χ0n) is 16.7. The van der Waals surface area contributed by atoms with Crippen LogP contribution in [0.4, 0.5) is 10.1 Å². The first kappa shape index (κ1) is 21.9. The van der Waals surface area contributed by atoms with Gasteiger partial charge in [0, 0.05) is 26.1 Å². The van der Waals surface area contributed by atoms with Crippen LogP contribution in [0.3, 0.4) is 0 Å². The van der Waals surface area contributed by atoms with Crippen molar-refractivity contribution in [2.45, 2.75) is 17.7 Å². The Morgan fingerprint density at radius 2 is 1.67 bits per heavy atom. The SMILES string of the molecule is COC(=O)c1ccccc1N(C)C(=O)C1CCN(S(=O)(=O)c2ccccc2F)CC1. The number of halogens is 1. The third-order valence-electron chi connectivity index (χ3n) is 5.26. The van der Waals surface area contributed by atoms with Gasteiger partial charge in [-0.15, -0.1) is 0 Å². The average Bonchev–Trinajstić information content (AvgIpc) is 2.77. The van der Waals surface area contributed by atoms with E-state index in [1.807, 2.05) is 0 Å². The third-order valence-corrected chi connectivity index (χ3v) is 7.19. The number of nitrogens with zero attached hydrogens (tertiary/aromatic N) is 2. The molecule has 7 nitrogen and oxygen atoms in total. The van der Waals surface area contributed by atoms with E-state index in [9.17, 15) is 22.4 Å². The van der Waals surface area contributed by atoms with E-state index in [0.717, 1.165) is 6.07 Å². The molecule has 1 fully saturated rings. The standard InChI is InChI=1S/C21H23FN2O5S/c1-23(18-9-5-3-7-16(18)21(26)29-2)20(25)15-11-13-24(14-12-15)30(27,28)19-10-6-4-8-17(19)22/h3-10,15H,11-14H2,1-2H3. The molecule has 0 radical (unpaired) electrons. The van der Waals surface area contributed by atoms with E-state index in [1.54, 1.807) is 31.3 Å². The molecule has 3 rings (SSSR count). The molecule has 1 saturated heterocycles. The van der Waals surface area contributed by atoms with Gasteiger partial charge in [-0.2, -0.15) is 4.31 Å². The largest absolute Gasteiger partial charge is 0.465 e. The molecular weight excluding hydrogens is 411 g/mol. The summed E-state index contributed by atoms with van der Waals surface area (Å²) in [6.07, 6.45) is 0.606. The number of rotatable bonds is 5. The highest BCUT2D eigenvalue weighted by atomic mass is 32.2. The van der Waals surface area contributed by atoms with Gasteiger partial charge in [0.05, 0.1) is 18.4 Å². The molecule has 2 aromatic carbocycles. The second-order valence-corrected chi connectivity index (χ2v) is 8.92. The number of benzene rings is 2. The van der Waals surface area contributed by atoms with Crippen molar-refractivity contribution in [3.8, 4) is 0 Å². The summed E-state index contributed by atoms with van der Waals surface area (Å²) in [6, 6.07) is 11.9. The van der Waals surface area contributed by atoms with Crippen LogP contribution < -0.4 is 4.90 Å². The molecule has 0 saturated carbocycles. The van der Waals surface area contributed by atoms with Crippen LogP contribution in [0.1, 0.15) is 23.2 Å². The molecule has 1 amide bonds. The van der Waals surface area contributed by atoms with Crippen molar-refractivity contribution in [1.82, 2.24) is 4.31 Å². The highest BCUT2D eigenvalue weighted by Crippen LogP contribution is 2.28. The fraction of sp³-hybridized carbons (Fsp3) is 0.333. The van der Waals surface area contributed by atoms with Crippen molar-refractivity contribution in [3.63, 3.8) is 0 Å². The van der Waals surface area contributed by atoms with Gasteiger partial charge >= 0.3 is 5.97 Å². The quantitative estimate of drug-likeness (QED) is 0.676. The molecular formula is C21H23FN2O5S. The predicted molar refractivity (Wildman–Crippen MR) is 109 cm³/mol. The number of amides is 1. The Morgan fingerprint density at radius 3 is 2.30 bits per heavy atom. The van der Waals surface area contributed by atoms with E-state index >= 15 is 0 Å². The molecule has 0 N–H and O–H groups in total. The van der Waals surface area contributed by atoms with Crippen LogP contribution in [0, 0.1) is 11.7 Å². The number of hydrogen-bond acceptors (Lipinski definition) is 5. The summed E-state index contributed by atoms with van der Waals surface area (Å²) >= 11 is 0. The van der Waals surface area contributed by atoms with E-state index in [2.05, 4.69) is 0 Å². The van der Waals surface area contributed by atoms with Gasteiger partial charge in [0.2, 0.25) is 15.9 Å². The Kier molecular flexibility index (Phi) is 6.52. The fourth-order valence-electron chi connectivity index (χ4n) is 3.58. The van der Waals surface area contributed by atoms with Crippen LogP contribution in [-0.4, -0.2) is 51.8 Å². The lowest BCUT2D eigenvalue weighted by Crippen LogP contribution is -2.44. The van der Waals surface area contributed by atoms with Crippen LogP contribution in [-0.2, 0) is 19.6 Å². The van der Waals surface area contributed by atoms with Crippen molar-refractivity contribution in [1.29, 1.82) is 0 Å². The van der Waals surface area contributed by atoms with E-state index < -0.39 is 27.7 Å². The van der Waals surface area contributed by atoms with E-state index in [1.165, 1.54) is 34.5 Å². The predicted octanol–water partition coefficient (Wildman–Crippen LogP) is 2.68. The first-order chi connectivity index (χ1) is 14.3. The van der Waals surface area contributed by atoms with Crippen LogP contribution >= 0.6 is 0 Å². The van der Waals surface area contributed by atoms with Gasteiger partial charge in [-0.25, -0.2) is 17.6 Å². The number of carbonyl (C=O) groups is 2. The number of ether oxygens (including phenoxy) is 1. The smallest absolute Gasteiger partial charge is 0.339 e. The molecule has 0 aliphatic carbocycles. The van der Waals surface area contributed by atoms with Crippen molar-refractivity contribution >= 4 is 27.6 Å². The maximum atomic E-state index is 14.0. The first-order valence-corrected chi connectivity index (χ1v) is 10.9. The second kappa shape index (κ2) is 8.93. The summed E-state index contributed by atoms with van der Waals surface area (Å²) < 4.78 is 45.4. The topological polar surface area (TPSA) is 84.0 Å². The molecule has 1 aliphatic heterocycles. The van der Waals surface area contributed by atoms with Gasteiger partial charge in [-0.05, 0) is 37.1 Å². The molecule has 2 aromatic rings. The third kappa shape index (κ3) is 4.22. The molecule has 0 aromatic heterocycles. The van der Waals surface area contributed by atoms with Crippen LogP contribution in [0.2, 0.25) is 0 Å². The van der Waals surface area contributed by atoms with Crippen LogP contribution in [0.15, 0.2) is 53.4 Å². The van der Waals surface area contributed by atoms with Crippen molar-refractivity contribution in [3.05, 3.63) is 59.9 Å². The monoisotopic (exact) mass is 434 g/mol. The molecule has 0 atom stereocenters. The highest BCUT2D eigenvalue weighted by molar-refractivity contribution is 7.89. The normalized spacial score (nSPS) is 15.6. The van der Waals surface area contributed by atoms with Crippen molar-refractivity contribution in [2.75, 3.05) is 32.1 Å². The lowest BCUT2D eigenvalue weighted by Gasteiger charge is -2.32. The number of methoxy groups -OCH3 is 1. The lowest BCUT2D eigenvalue weighted by molar-refractivity contribution is -0.123. The Balaban J connectivity index is 1.72. The number of carbonyl (C=O) groups excluding carboxylic acids is 2. The summed E-state index contributed by atoms with van der Waals surface area (Å²) in [5.74, 6) is -1.96. The summed E-state index contributed by atoms with van der Waals surface area (Å²) in [4.78, 5) is 26.0. The molecule has 0 unspecified atom stereocenters. The minimum atomic E-state index is -3.96. The van der Waals surface area contributed by atoms with E-state index in [4.69, 9.17) is 4.74 Å². The Labute approximate surface area is 175 Å². The minimum absolute atomic E-state index is 0.111. The molecule has 1 aliphatic rings. The number of para-hydroxylation sites is 1. The first-order valence-electron chi connectivity index (χ1n) is 9.47. The van der Waals surface area contributed by atoms with Crippen LogP contribution in [0.25, 0.3) is 0 Å². The van der Waals surface area contributed by atoms with Crippen molar-refractivity contribution < 1.29 is 27.1 Å². The van der Waals surface area contributed by atoms with E-state index in [0.29, 0.717) is 18.5 Å². The van der Waals surface area contributed by atoms with Gasteiger partial charge in [0.1, 0.15) is 10.7 Å². The van der Waals surface area contributed by atoms with Gasteiger partial charge in [-0.1, -0.05) is 24.3 Å². The van der Waals surface area contributed by atoms with Crippen molar-refractivity contribution in [2.24, 2.45) is 5.92 Å². The Hall–Kier alpha value is -2.78. The number of esters is 1. The van der Waals surface area contributed by atoms with Gasteiger partial charge in [0.15, 0.2) is 0 Å². The maximum absolute atomic E-state index is 14.0. The Bertz CT molecular complexity index is 1050. The van der Waals surface area contributed by atoms with Gasteiger partial charge < -0.3 is 9.64 Å². The summed E-state index contributed by atoms with van der Waals surface area (Å²) in [6.45, 7) is 0.221. The number of anilines is 1. The van der Waals surface area contributed by atoms with Crippen LogP contribution in [0.5, 0.6) is 0 Å². The molecule has 1 heterocycles. The summed E-state index contributed by atoms with van der Waals surface area (Å²) in [5, 5.41) is 0. The molecule has 160 valence electrons. The molecule has 30 heavy (non-hydrogen) atoms. The second-order valence-electron chi connectivity index (χ2n) is 7.01. The Morgan fingerprint density at radius 1 is 1.07 bits per heavy atom. The van der Waals surface area contributed by atoms with E-state index in [-0.39, 0.29) is 29.5 Å². The average molecular weight is 434 g/mol. The molecule has 0 bridgehead atoms. The molecule has 9 heteroatoms. The maximum Gasteiger partial charge on any atom is 0.339 e. The summed E-state index contributed by atoms with van der Waals surface area (Å²) in [5.41, 5.74) is 0.700. The fourth-order valence-corrected chi connectivity index (χ4v) is 5.11. The minimum Gasteiger partial charge on any atom is -0.465 e. The number of piperidine rings is 1. The molecule has 0 spiro atoms. The summed E-state index contributed by atoms with van der Waals surface area (Å²) in [7, 11) is -1.12. The zero-order valence-corrected chi connectivity index (χ0v) is 17.6. The van der Waals surface area contributed by atoms with Gasteiger partial charge in [-0.3, -0.25) is 4.79 Å². The number of hydrogen-bond donors (Lipinski definition) is 0.